The minimum atomic E-state index is 0.179. The van der Waals surface area contributed by atoms with Gasteiger partial charge in [-0.3, -0.25) is 0 Å². The van der Waals surface area contributed by atoms with Crippen molar-refractivity contribution in [1.29, 1.82) is 0 Å². The molecule has 0 aliphatic heterocycles. The van der Waals surface area contributed by atoms with Crippen molar-refractivity contribution >= 4 is 22.9 Å². The van der Waals surface area contributed by atoms with Crippen LogP contribution in [0.1, 0.15) is 42.3 Å². The number of rotatable bonds is 2. The van der Waals surface area contributed by atoms with Gasteiger partial charge in [-0.05, 0) is 30.9 Å². The van der Waals surface area contributed by atoms with E-state index in [0.717, 1.165) is 6.42 Å². The van der Waals surface area contributed by atoms with Gasteiger partial charge in [-0.25, -0.2) is 0 Å². The van der Waals surface area contributed by atoms with Crippen LogP contribution in [0.3, 0.4) is 0 Å². The predicted molar refractivity (Wildman–Crippen MR) is 61.7 cm³/mol. The van der Waals surface area contributed by atoms with E-state index in [2.05, 4.69) is 39.8 Å². The summed E-state index contributed by atoms with van der Waals surface area (Å²) in [7, 11) is 0. The van der Waals surface area contributed by atoms with Crippen LogP contribution in [-0.2, 0) is 0 Å². The largest absolute Gasteiger partial charge is 0.144 e. The molecule has 0 saturated heterocycles. The maximum atomic E-state index is 6.31. The van der Waals surface area contributed by atoms with E-state index in [0.29, 0.717) is 5.41 Å². The molecule has 1 aromatic heterocycles. The summed E-state index contributed by atoms with van der Waals surface area (Å²) in [5, 5.41) is 0.179. The molecule has 1 atom stereocenters. The normalized spacial score (nSPS) is 14.5. The second kappa shape index (κ2) is 4.02. The van der Waals surface area contributed by atoms with Gasteiger partial charge in [0.25, 0.3) is 0 Å². The van der Waals surface area contributed by atoms with Crippen LogP contribution in [0.15, 0.2) is 12.1 Å². The second-order valence-electron chi connectivity index (χ2n) is 4.68. The summed E-state index contributed by atoms with van der Waals surface area (Å²) < 4.78 is 0. The van der Waals surface area contributed by atoms with Crippen LogP contribution in [0.2, 0.25) is 0 Å². The Morgan fingerprint density at radius 3 is 2.38 bits per heavy atom. The van der Waals surface area contributed by atoms with Gasteiger partial charge in [0.1, 0.15) is 0 Å². The Bertz CT molecular complexity index is 270. The highest BCUT2D eigenvalue weighted by molar-refractivity contribution is 7.12. The van der Waals surface area contributed by atoms with Crippen molar-refractivity contribution in [3.8, 4) is 0 Å². The minimum Gasteiger partial charge on any atom is -0.144 e. The summed E-state index contributed by atoms with van der Waals surface area (Å²) in [6.07, 6.45) is 1.04. The maximum Gasteiger partial charge on any atom is 0.0683 e. The van der Waals surface area contributed by atoms with Gasteiger partial charge < -0.3 is 0 Å². The molecule has 0 radical (unpaired) electrons. The summed E-state index contributed by atoms with van der Waals surface area (Å²) >= 11 is 8.12. The zero-order valence-electron chi connectivity index (χ0n) is 8.73. The lowest BCUT2D eigenvalue weighted by Gasteiger charge is -2.20. The Kier molecular flexibility index (Phi) is 3.42. The Hall–Kier alpha value is -0.0100. The van der Waals surface area contributed by atoms with Crippen molar-refractivity contribution in [1.82, 2.24) is 0 Å². The molecule has 1 rings (SSSR count). The van der Waals surface area contributed by atoms with E-state index < -0.39 is 0 Å². The monoisotopic (exact) mass is 216 g/mol. The van der Waals surface area contributed by atoms with E-state index in [1.807, 2.05) is 0 Å². The molecule has 1 unspecified atom stereocenters. The van der Waals surface area contributed by atoms with E-state index in [9.17, 15) is 0 Å². The van der Waals surface area contributed by atoms with Gasteiger partial charge in [0.15, 0.2) is 0 Å². The fourth-order valence-corrected chi connectivity index (χ4v) is 2.78. The smallest absolute Gasteiger partial charge is 0.0683 e. The number of hydrogen-bond acceptors (Lipinski definition) is 1. The molecule has 0 saturated carbocycles. The van der Waals surface area contributed by atoms with E-state index in [4.69, 9.17) is 11.6 Å². The lowest BCUT2D eigenvalue weighted by molar-refractivity contribution is 0.374. The van der Waals surface area contributed by atoms with Crippen LogP contribution in [0.25, 0.3) is 0 Å². The van der Waals surface area contributed by atoms with Crippen LogP contribution >= 0.6 is 22.9 Å². The van der Waals surface area contributed by atoms with E-state index in [1.54, 1.807) is 11.3 Å². The van der Waals surface area contributed by atoms with Crippen molar-refractivity contribution in [3.05, 3.63) is 21.9 Å². The van der Waals surface area contributed by atoms with Crippen LogP contribution in [0.4, 0.5) is 0 Å². The van der Waals surface area contributed by atoms with Crippen LogP contribution in [0.5, 0.6) is 0 Å². The number of hydrogen-bond donors (Lipinski definition) is 0. The van der Waals surface area contributed by atoms with Crippen molar-refractivity contribution < 1.29 is 0 Å². The molecular formula is C11H17ClS. The number of thiophene rings is 1. The number of halogens is 1. The minimum absolute atomic E-state index is 0.179. The van der Waals surface area contributed by atoms with Gasteiger partial charge in [0, 0.05) is 9.75 Å². The SMILES string of the molecule is Cc1ccc(C(Cl)CC(C)(C)C)s1. The lowest BCUT2D eigenvalue weighted by atomic mass is 9.90. The summed E-state index contributed by atoms with van der Waals surface area (Å²) in [5.41, 5.74) is 0.310. The maximum absolute atomic E-state index is 6.31. The van der Waals surface area contributed by atoms with Crippen molar-refractivity contribution in [2.45, 2.75) is 39.5 Å². The molecule has 1 heterocycles. The first-order chi connectivity index (χ1) is 5.88. The third kappa shape index (κ3) is 3.70. The van der Waals surface area contributed by atoms with E-state index >= 15 is 0 Å². The Morgan fingerprint density at radius 1 is 1.38 bits per heavy atom. The average molecular weight is 217 g/mol. The highest BCUT2D eigenvalue weighted by Crippen LogP contribution is 2.36. The van der Waals surface area contributed by atoms with Gasteiger partial charge >= 0.3 is 0 Å². The molecule has 0 N–H and O–H groups in total. The van der Waals surface area contributed by atoms with E-state index in [-0.39, 0.29) is 5.38 Å². The fourth-order valence-electron chi connectivity index (χ4n) is 1.26. The first-order valence-electron chi connectivity index (χ1n) is 4.59. The summed E-state index contributed by atoms with van der Waals surface area (Å²) in [5.74, 6) is 0. The molecule has 2 heteroatoms. The standard InChI is InChI=1S/C11H17ClS/c1-8-5-6-10(13-8)9(12)7-11(2,3)4/h5-6,9H,7H2,1-4H3. The van der Waals surface area contributed by atoms with Gasteiger partial charge in [-0.2, -0.15) is 0 Å². The molecule has 0 fully saturated rings. The van der Waals surface area contributed by atoms with Crippen LogP contribution in [0, 0.1) is 12.3 Å². The van der Waals surface area contributed by atoms with Gasteiger partial charge in [0.2, 0.25) is 0 Å². The highest BCUT2D eigenvalue weighted by atomic mass is 35.5. The third-order valence-electron chi connectivity index (χ3n) is 1.86. The summed E-state index contributed by atoms with van der Waals surface area (Å²) in [6, 6.07) is 4.28. The Balaban J connectivity index is 2.64. The quantitative estimate of drug-likeness (QED) is 0.625. The predicted octanol–water partition coefficient (Wildman–Crippen LogP) is 4.77. The first kappa shape index (κ1) is 11.1. The zero-order valence-corrected chi connectivity index (χ0v) is 10.3. The summed E-state index contributed by atoms with van der Waals surface area (Å²) in [6.45, 7) is 8.80. The molecule has 1 aromatic rings. The molecule has 0 spiro atoms. The fraction of sp³-hybridized carbons (Fsp3) is 0.636. The van der Waals surface area contributed by atoms with Crippen molar-refractivity contribution in [2.75, 3.05) is 0 Å². The van der Waals surface area contributed by atoms with Gasteiger partial charge in [-0.1, -0.05) is 20.8 Å². The highest BCUT2D eigenvalue weighted by Gasteiger charge is 2.19. The van der Waals surface area contributed by atoms with Crippen LogP contribution in [-0.4, -0.2) is 0 Å². The molecule has 74 valence electrons. The molecule has 0 aromatic carbocycles. The molecule has 0 nitrogen and oxygen atoms in total. The van der Waals surface area contributed by atoms with Crippen molar-refractivity contribution in [2.24, 2.45) is 5.41 Å². The zero-order chi connectivity index (χ0) is 10.1. The molecule has 0 aliphatic carbocycles. The number of alkyl halides is 1. The molecule has 13 heavy (non-hydrogen) atoms. The first-order valence-corrected chi connectivity index (χ1v) is 5.84. The lowest BCUT2D eigenvalue weighted by Crippen LogP contribution is -2.07. The van der Waals surface area contributed by atoms with E-state index in [1.165, 1.54) is 9.75 Å². The molecule has 0 aliphatic rings. The topological polar surface area (TPSA) is 0 Å². The van der Waals surface area contributed by atoms with Crippen LogP contribution < -0.4 is 0 Å². The Morgan fingerprint density at radius 2 is 2.00 bits per heavy atom. The van der Waals surface area contributed by atoms with Crippen molar-refractivity contribution in [3.63, 3.8) is 0 Å². The average Bonchev–Trinajstić information content (AvgIpc) is 2.31. The molecular weight excluding hydrogens is 200 g/mol. The second-order valence-corrected chi connectivity index (χ2v) is 6.53. The Labute approximate surface area is 89.9 Å². The molecule has 0 amide bonds. The number of aryl methyl sites for hydroxylation is 1. The third-order valence-corrected chi connectivity index (χ3v) is 3.49. The van der Waals surface area contributed by atoms with Gasteiger partial charge in [0.05, 0.1) is 5.38 Å². The summed E-state index contributed by atoms with van der Waals surface area (Å²) in [4.78, 5) is 2.64. The molecule has 0 bridgehead atoms. The van der Waals surface area contributed by atoms with Gasteiger partial charge in [-0.15, -0.1) is 22.9 Å².